The number of carbonyl (C=O) groups excluding carboxylic acids is 1. The van der Waals surface area contributed by atoms with Crippen molar-refractivity contribution < 1.29 is 19.8 Å². The van der Waals surface area contributed by atoms with E-state index >= 15 is 0 Å². The number of nitrogens with zero attached hydrogens (tertiary/aromatic N) is 3. The van der Waals surface area contributed by atoms with E-state index < -0.39 is 12.2 Å². The van der Waals surface area contributed by atoms with Gasteiger partial charge in [0.2, 0.25) is 0 Å². The third-order valence-corrected chi connectivity index (χ3v) is 5.08. The van der Waals surface area contributed by atoms with Crippen LogP contribution in [-0.4, -0.2) is 46.3 Å². The number of carboxylic acids is 1. The van der Waals surface area contributed by atoms with Gasteiger partial charge in [0.05, 0.1) is 17.8 Å². The molecular weight excluding hydrogens is 370 g/mol. The number of carbonyl (C=O) groups is 2. The summed E-state index contributed by atoms with van der Waals surface area (Å²) in [4.78, 5) is 33.5. The van der Waals surface area contributed by atoms with E-state index in [9.17, 15) is 14.7 Å². The highest BCUT2D eigenvalue weighted by Crippen LogP contribution is 2.38. The lowest BCUT2D eigenvalue weighted by Crippen LogP contribution is -2.47. The Balaban J connectivity index is 1.82. The normalized spacial score (nSPS) is 18.6. The summed E-state index contributed by atoms with van der Waals surface area (Å²) in [5.41, 5.74) is 2.58. The molecule has 2 aliphatic heterocycles. The number of anilines is 1. The lowest BCUT2D eigenvalue weighted by molar-refractivity contribution is -0.137. The molecule has 0 aliphatic carbocycles. The molecule has 1 aromatic rings. The molecular formula is C19H22ClN3O4. The van der Waals surface area contributed by atoms with Crippen molar-refractivity contribution in [3.63, 3.8) is 0 Å². The number of hydrogen-bond acceptors (Lipinski definition) is 6. The minimum absolute atomic E-state index is 0.0622. The number of halogens is 1. The third-order valence-electron chi connectivity index (χ3n) is 4.67. The molecule has 0 spiro atoms. The summed E-state index contributed by atoms with van der Waals surface area (Å²) in [5, 5.41) is 19.2. The van der Waals surface area contributed by atoms with Gasteiger partial charge in [-0.05, 0) is 37.5 Å². The van der Waals surface area contributed by atoms with Gasteiger partial charge in [0.1, 0.15) is 5.71 Å². The van der Waals surface area contributed by atoms with Crippen molar-refractivity contribution in [1.82, 2.24) is 0 Å². The predicted octanol–water partition coefficient (Wildman–Crippen LogP) is 3.27. The van der Waals surface area contributed by atoms with E-state index in [1.807, 2.05) is 24.0 Å². The van der Waals surface area contributed by atoms with Crippen molar-refractivity contribution in [2.45, 2.75) is 51.7 Å². The minimum Gasteiger partial charge on any atom is -0.481 e. The van der Waals surface area contributed by atoms with Crippen molar-refractivity contribution >= 4 is 46.3 Å². The van der Waals surface area contributed by atoms with Crippen LogP contribution >= 0.6 is 11.6 Å². The van der Waals surface area contributed by atoms with Gasteiger partial charge < -0.3 is 15.1 Å². The molecule has 0 saturated heterocycles. The Labute approximate surface area is 162 Å². The fraction of sp³-hybridized carbons (Fsp3) is 0.474. The first-order chi connectivity index (χ1) is 12.9. The molecule has 7 nitrogen and oxygen atoms in total. The van der Waals surface area contributed by atoms with Crippen LogP contribution in [-0.2, 0) is 9.59 Å². The molecule has 2 aliphatic rings. The molecule has 2 heterocycles. The maximum Gasteiger partial charge on any atom is 0.303 e. The topological polar surface area (TPSA) is 103 Å². The van der Waals surface area contributed by atoms with Gasteiger partial charge in [0.25, 0.3) is 0 Å². The summed E-state index contributed by atoms with van der Waals surface area (Å²) >= 11 is 6.29. The fourth-order valence-corrected chi connectivity index (χ4v) is 3.43. The lowest BCUT2D eigenvalue weighted by Gasteiger charge is -2.34. The average Bonchev–Trinajstić information content (AvgIpc) is 2.59. The zero-order valence-corrected chi connectivity index (χ0v) is 15.9. The standard InChI is InChI=1S/C19H22ClN3O4/c1-11-8-13-14(9-12(11)20)23(7-5-3-2-4-6-17(26)27)19-18(21-13)15(24)10-16(25)22-19/h8-9,16,25H,2-7,10H2,1H3,(H,26,27). The number of rotatable bonds is 7. The van der Waals surface area contributed by atoms with Crippen LogP contribution in [0.4, 0.5) is 11.4 Å². The maximum atomic E-state index is 12.3. The molecule has 0 radical (unpaired) electrons. The summed E-state index contributed by atoms with van der Waals surface area (Å²) in [7, 11) is 0. The fourth-order valence-electron chi connectivity index (χ4n) is 3.27. The van der Waals surface area contributed by atoms with Crippen molar-refractivity contribution in [3.8, 4) is 0 Å². The second kappa shape index (κ2) is 8.19. The number of hydrogen-bond donors (Lipinski definition) is 2. The van der Waals surface area contributed by atoms with E-state index in [2.05, 4.69) is 9.98 Å². The van der Waals surface area contributed by atoms with Gasteiger partial charge in [-0.3, -0.25) is 9.59 Å². The molecule has 8 heteroatoms. The number of benzene rings is 1. The Morgan fingerprint density at radius 2 is 2.04 bits per heavy atom. The Hall–Kier alpha value is -2.25. The van der Waals surface area contributed by atoms with E-state index in [1.165, 1.54) is 0 Å². The SMILES string of the molecule is Cc1cc2c(cc1Cl)N(CCCCCCC(=O)O)C1=NC(O)CC(=O)C1=N2. The largest absolute Gasteiger partial charge is 0.481 e. The zero-order valence-electron chi connectivity index (χ0n) is 15.1. The van der Waals surface area contributed by atoms with Gasteiger partial charge in [-0.1, -0.05) is 24.4 Å². The molecule has 1 atom stereocenters. The Bertz CT molecular complexity index is 834. The number of aliphatic hydroxyl groups is 1. The Kier molecular flexibility index (Phi) is 5.92. The van der Waals surface area contributed by atoms with E-state index in [1.54, 1.807) is 0 Å². The van der Waals surface area contributed by atoms with Gasteiger partial charge in [-0.15, -0.1) is 0 Å². The molecule has 1 unspecified atom stereocenters. The smallest absolute Gasteiger partial charge is 0.303 e. The summed E-state index contributed by atoms with van der Waals surface area (Å²) in [6, 6.07) is 3.66. The molecule has 144 valence electrons. The van der Waals surface area contributed by atoms with Gasteiger partial charge in [-0.25, -0.2) is 9.98 Å². The highest BCUT2D eigenvalue weighted by Gasteiger charge is 2.35. The molecule has 2 N–H and O–H groups in total. The first-order valence-electron chi connectivity index (χ1n) is 9.04. The first-order valence-corrected chi connectivity index (χ1v) is 9.42. The highest BCUT2D eigenvalue weighted by atomic mass is 35.5. The zero-order chi connectivity index (χ0) is 19.6. The van der Waals surface area contributed by atoms with E-state index in [0.717, 1.165) is 30.5 Å². The Morgan fingerprint density at radius 3 is 2.78 bits per heavy atom. The summed E-state index contributed by atoms with van der Waals surface area (Å²) in [5.74, 6) is -0.621. The number of fused-ring (bicyclic) bond motifs is 2. The van der Waals surface area contributed by atoms with Crippen LogP contribution < -0.4 is 4.90 Å². The molecule has 0 aromatic heterocycles. The molecule has 0 fully saturated rings. The number of aryl methyl sites for hydroxylation is 1. The maximum absolute atomic E-state index is 12.3. The molecule has 0 amide bonds. The van der Waals surface area contributed by atoms with Gasteiger partial charge in [0, 0.05) is 18.0 Å². The van der Waals surface area contributed by atoms with Crippen LogP contribution in [0.3, 0.4) is 0 Å². The summed E-state index contributed by atoms with van der Waals surface area (Å²) in [6.45, 7) is 2.46. The van der Waals surface area contributed by atoms with Crippen LogP contribution in [0, 0.1) is 6.92 Å². The number of ketones is 1. The van der Waals surface area contributed by atoms with Crippen LogP contribution in [0.25, 0.3) is 0 Å². The molecule has 27 heavy (non-hydrogen) atoms. The monoisotopic (exact) mass is 391 g/mol. The van der Waals surface area contributed by atoms with Crippen LogP contribution in [0.15, 0.2) is 22.1 Å². The van der Waals surface area contributed by atoms with E-state index in [-0.39, 0.29) is 24.3 Å². The minimum atomic E-state index is -1.06. The molecule has 0 saturated carbocycles. The highest BCUT2D eigenvalue weighted by molar-refractivity contribution is 6.71. The second-order valence-electron chi connectivity index (χ2n) is 6.82. The first kappa shape index (κ1) is 19.5. The number of aliphatic hydroxyl groups excluding tert-OH is 1. The third kappa shape index (κ3) is 4.36. The summed E-state index contributed by atoms with van der Waals surface area (Å²) < 4.78 is 0. The number of carboxylic acid groups (broad SMARTS) is 1. The van der Waals surface area contributed by atoms with Gasteiger partial charge in [-0.2, -0.15) is 0 Å². The lowest BCUT2D eigenvalue weighted by atomic mass is 10.0. The number of aliphatic carboxylic acids is 1. The second-order valence-corrected chi connectivity index (χ2v) is 7.23. The van der Waals surface area contributed by atoms with Crippen LogP contribution in [0.1, 0.15) is 44.1 Å². The number of aliphatic imine (C=N–C) groups is 2. The Morgan fingerprint density at radius 1 is 1.30 bits per heavy atom. The average molecular weight is 392 g/mol. The predicted molar refractivity (Wildman–Crippen MR) is 104 cm³/mol. The van der Waals surface area contributed by atoms with E-state index in [0.29, 0.717) is 29.5 Å². The van der Waals surface area contributed by atoms with Gasteiger partial charge in [0.15, 0.2) is 17.8 Å². The van der Waals surface area contributed by atoms with Crippen molar-refractivity contribution in [3.05, 3.63) is 22.7 Å². The van der Waals surface area contributed by atoms with Gasteiger partial charge >= 0.3 is 5.97 Å². The number of amidine groups is 1. The van der Waals surface area contributed by atoms with Crippen molar-refractivity contribution in [2.75, 3.05) is 11.4 Å². The molecule has 0 bridgehead atoms. The van der Waals surface area contributed by atoms with Crippen molar-refractivity contribution in [1.29, 1.82) is 0 Å². The number of unbranched alkanes of at least 4 members (excludes halogenated alkanes) is 3. The number of Topliss-reactive ketones (excluding diaryl/α,β-unsaturated/α-hetero) is 1. The molecule has 1 aromatic carbocycles. The quantitative estimate of drug-likeness (QED) is 0.694. The van der Waals surface area contributed by atoms with Crippen LogP contribution in [0.5, 0.6) is 0 Å². The van der Waals surface area contributed by atoms with Crippen LogP contribution in [0.2, 0.25) is 5.02 Å². The summed E-state index contributed by atoms with van der Waals surface area (Å²) in [6.07, 6.45) is 2.15. The molecule has 3 rings (SSSR count). The van der Waals surface area contributed by atoms with E-state index in [4.69, 9.17) is 16.7 Å². The van der Waals surface area contributed by atoms with Crippen molar-refractivity contribution in [2.24, 2.45) is 9.98 Å².